The highest BCUT2D eigenvalue weighted by molar-refractivity contribution is 5.90. The van der Waals surface area contributed by atoms with Crippen LogP contribution in [0.4, 0.5) is 0 Å². The van der Waals surface area contributed by atoms with E-state index >= 15 is 0 Å². The fourth-order valence-electron chi connectivity index (χ4n) is 0.493. The number of allylic oxidation sites excluding steroid dienone is 1. The highest BCUT2D eigenvalue weighted by atomic mass is 16.5. The topological polar surface area (TPSA) is 26.3 Å². The minimum Gasteiger partial charge on any atom is -0.462 e. The molecule has 0 aromatic heterocycles. The van der Waals surface area contributed by atoms with Crippen LogP contribution in [0, 0.1) is 0 Å². The minimum atomic E-state index is -0.347. The molecule has 0 saturated heterocycles. The van der Waals surface area contributed by atoms with Gasteiger partial charge in [0.2, 0.25) is 0 Å². The summed E-state index contributed by atoms with van der Waals surface area (Å²) >= 11 is 0. The standard InChI is InChI=1S/C8H12O2/c1-4-6-7(3)8(9)10-5-2/h4,6H,3,5H2,1-2H3/b6-4-. The normalized spacial score (nSPS) is 9.80. The van der Waals surface area contributed by atoms with Crippen LogP contribution in [-0.2, 0) is 9.53 Å². The average molecular weight is 140 g/mol. The molecular weight excluding hydrogens is 128 g/mol. The maximum absolute atomic E-state index is 10.8. The average Bonchev–Trinajstić information content (AvgIpc) is 1.89. The summed E-state index contributed by atoms with van der Waals surface area (Å²) in [5.74, 6) is -0.347. The molecule has 56 valence electrons. The maximum atomic E-state index is 10.8. The fourth-order valence-corrected chi connectivity index (χ4v) is 0.493. The highest BCUT2D eigenvalue weighted by Crippen LogP contribution is 1.95. The van der Waals surface area contributed by atoms with Crippen molar-refractivity contribution in [2.75, 3.05) is 6.61 Å². The van der Waals surface area contributed by atoms with Crippen LogP contribution < -0.4 is 0 Å². The molecule has 0 unspecified atom stereocenters. The van der Waals surface area contributed by atoms with E-state index in [2.05, 4.69) is 11.3 Å². The monoisotopic (exact) mass is 140 g/mol. The summed E-state index contributed by atoms with van der Waals surface area (Å²) in [7, 11) is 0. The zero-order valence-corrected chi connectivity index (χ0v) is 6.39. The van der Waals surface area contributed by atoms with Gasteiger partial charge in [-0.05, 0) is 13.8 Å². The number of rotatable bonds is 3. The van der Waals surface area contributed by atoms with Gasteiger partial charge in [0.05, 0.1) is 12.2 Å². The number of hydrogen-bond donors (Lipinski definition) is 0. The van der Waals surface area contributed by atoms with E-state index in [1.807, 2.05) is 6.92 Å². The third kappa shape index (κ3) is 3.07. The Morgan fingerprint density at radius 2 is 2.30 bits per heavy atom. The Kier molecular flexibility index (Phi) is 4.29. The summed E-state index contributed by atoms with van der Waals surface area (Å²) in [5.41, 5.74) is 0.393. The second-order valence-electron chi connectivity index (χ2n) is 1.75. The first-order valence-corrected chi connectivity index (χ1v) is 3.21. The predicted octanol–water partition coefficient (Wildman–Crippen LogP) is 1.68. The van der Waals surface area contributed by atoms with Crippen LogP contribution >= 0.6 is 0 Å². The van der Waals surface area contributed by atoms with E-state index in [1.165, 1.54) is 0 Å². The van der Waals surface area contributed by atoms with Gasteiger partial charge in [-0.25, -0.2) is 4.79 Å². The van der Waals surface area contributed by atoms with Crippen molar-refractivity contribution < 1.29 is 9.53 Å². The van der Waals surface area contributed by atoms with Crippen LogP contribution in [0.1, 0.15) is 13.8 Å². The van der Waals surface area contributed by atoms with Gasteiger partial charge in [-0.15, -0.1) is 0 Å². The number of hydrogen-bond acceptors (Lipinski definition) is 2. The molecule has 2 nitrogen and oxygen atoms in total. The van der Waals surface area contributed by atoms with Crippen molar-refractivity contribution in [3.05, 3.63) is 24.3 Å². The lowest BCUT2D eigenvalue weighted by Gasteiger charge is -1.98. The Balaban J connectivity index is 3.83. The first-order valence-electron chi connectivity index (χ1n) is 3.21. The van der Waals surface area contributed by atoms with Gasteiger partial charge in [0.1, 0.15) is 0 Å². The molecule has 0 aliphatic carbocycles. The van der Waals surface area contributed by atoms with Gasteiger partial charge >= 0.3 is 5.97 Å². The molecule has 0 aliphatic heterocycles. The van der Waals surface area contributed by atoms with E-state index in [9.17, 15) is 4.79 Å². The lowest BCUT2D eigenvalue weighted by atomic mass is 10.3. The molecule has 0 N–H and O–H groups in total. The first-order chi connectivity index (χ1) is 4.72. The Hall–Kier alpha value is -1.05. The summed E-state index contributed by atoms with van der Waals surface area (Å²) in [6.45, 7) is 7.49. The fraction of sp³-hybridized carbons (Fsp3) is 0.375. The molecule has 0 amide bonds. The summed E-state index contributed by atoms with van der Waals surface area (Å²) < 4.78 is 4.67. The van der Waals surface area contributed by atoms with Gasteiger partial charge in [-0.2, -0.15) is 0 Å². The first kappa shape index (κ1) is 8.95. The van der Waals surface area contributed by atoms with Crippen molar-refractivity contribution in [3.63, 3.8) is 0 Å². The van der Waals surface area contributed by atoms with Crippen LogP contribution in [-0.4, -0.2) is 12.6 Å². The van der Waals surface area contributed by atoms with Gasteiger partial charge in [-0.3, -0.25) is 0 Å². The van der Waals surface area contributed by atoms with Crippen LogP contribution in [0.25, 0.3) is 0 Å². The van der Waals surface area contributed by atoms with Crippen molar-refractivity contribution in [1.29, 1.82) is 0 Å². The van der Waals surface area contributed by atoms with E-state index in [-0.39, 0.29) is 5.97 Å². The van der Waals surface area contributed by atoms with Crippen molar-refractivity contribution in [2.24, 2.45) is 0 Å². The van der Waals surface area contributed by atoms with Gasteiger partial charge < -0.3 is 4.74 Å². The van der Waals surface area contributed by atoms with Gasteiger partial charge in [0.25, 0.3) is 0 Å². The zero-order valence-electron chi connectivity index (χ0n) is 6.39. The third-order valence-corrected chi connectivity index (χ3v) is 0.905. The van der Waals surface area contributed by atoms with E-state index in [0.29, 0.717) is 12.2 Å². The molecule has 0 aliphatic rings. The van der Waals surface area contributed by atoms with Crippen molar-refractivity contribution in [1.82, 2.24) is 0 Å². The quantitative estimate of drug-likeness (QED) is 0.338. The summed E-state index contributed by atoms with van der Waals surface area (Å²) in [6.07, 6.45) is 3.37. The van der Waals surface area contributed by atoms with E-state index in [0.717, 1.165) is 0 Å². The smallest absolute Gasteiger partial charge is 0.337 e. The molecule has 2 heteroatoms. The van der Waals surface area contributed by atoms with Gasteiger partial charge in [0.15, 0.2) is 0 Å². The van der Waals surface area contributed by atoms with Gasteiger partial charge in [-0.1, -0.05) is 18.7 Å². The summed E-state index contributed by atoms with van der Waals surface area (Å²) in [6, 6.07) is 0. The third-order valence-electron chi connectivity index (χ3n) is 0.905. The Labute approximate surface area is 61.2 Å². The number of carbonyl (C=O) groups excluding carboxylic acids is 1. The summed E-state index contributed by atoms with van der Waals surface area (Å²) in [5, 5.41) is 0. The van der Waals surface area contributed by atoms with Crippen LogP contribution in [0.15, 0.2) is 24.3 Å². The molecule has 0 bridgehead atoms. The molecule has 0 aromatic rings. The van der Waals surface area contributed by atoms with E-state index < -0.39 is 0 Å². The van der Waals surface area contributed by atoms with Crippen molar-refractivity contribution in [3.8, 4) is 0 Å². The predicted molar refractivity (Wildman–Crippen MR) is 40.6 cm³/mol. The molecule has 10 heavy (non-hydrogen) atoms. The maximum Gasteiger partial charge on any atom is 0.337 e. The molecule has 0 radical (unpaired) electrons. The molecule has 0 heterocycles. The van der Waals surface area contributed by atoms with Crippen molar-refractivity contribution in [2.45, 2.75) is 13.8 Å². The molecular formula is C8H12O2. The second kappa shape index (κ2) is 4.79. The lowest BCUT2D eigenvalue weighted by molar-refractivity contribution is -0.138. The van der Waals surface area contributed by atoms with Gasteiger partial charge in [0, 0.05) is 0 Å². The lowest BCUT2D eigenvalue weighted by Crippen LogP contribution is -2.04. The number of esters is 1. The molecule has 0 fully saturated rings. The molecule has 0 spiro atoms. The van der Waals surface area contributed by atoms with Crippen LogP contribution in [0.5, 0.6) is 0 Å². The number of ether oxygens (including phenoxy) is 1. The van der Waals surface area contributed by atoms with Crippen LogP contribution in [0.2, 0.25) is 0 Å². The molecule has 0 aromatic carbocycles. The summed E-state index contributed by atoms with van der Waals surface area (Å²) in [4.78, 5) is 10.8. The molecule has 0 saturated carbocycles. The van der Waals surface area contributed by atoms with E-state index in [4.69, 9.17) is 0 Å². The van der Waals surface area contributed by atoms with Crippen molar-refractivity contribution >= 4 is 5.97 Å². The SMILES string of the molecule is C=C(/C=C\C)C(=O)OCC. The van der Waals surface area contributed by atoms with E-state index in [1.54, 1.807) is 19.1 Å². The Morgan fingerprint density at radius 3 is 2.70 bits per heavy atom. The molecule has 0 atom stereocenters. The minimum absolute atomic E-state index is 0.347. The zero-order chi connectivity index (χ0) is 7.98. The Morgan fingerprint density at radius 1 is 1.70 bits per heavy atom. The van der Waals surface area contributed by atoms with Crippen LogP contribution in [0.3, 0.4) is 0 Å². The largest absolute Gasteiger partial charge is 0.462 e. The highest BCUT2D eigenvalue weighted by Gasteiger charge is 2.01. The second-order valence-corrected chi connectivity index (χ2v) is 1.75. The Bertz CT molecular complexity index is 157. The molecule has 0 rings (SSSR count). The number of carbonyl (C=O) groups is 1.